The number of hydrogen-bond donors (Lipinski definition) is 0. The molecule has 4 nitrogen and oxygen atoms in total. The molecule has 1 aromatic heterocycles. The minimum absolute atomic E-state index is 0.164. The Morgan fingerprint density at radius 1 is 1.26 bits per heavy atom. The highest BCUT2D eigenvalue weighted by molar-refractivity contribution is 5.28. The molecule has 0 N–H and O–H groups in total. The molecule has 0 aliphatic carbocycles. The monoisotopic (exact) mass is 254 g/mol. The third-order valence-corrected chi connectivity index (χ3v) is 2.86. The predicted octanol–water partition coefficient (Wildman–Crippen LogP) is 2.26. The Balaban J connectivity index is 2.23. The van der Waals surface area contributed by atoms with Crippen LogP contribution in [0.4, 0.5) is 0 Å². The van der Waals surface area contributed by atoms with E-state index in [-0.39, 0.29) is 12.0 Å². The summed E-state index contributed by atoms with van der Waals surface area (Å²) in [4.78, 5) is 11.8. The molecule has 1 aromatic carbocycles. The lowest BCUT2D eigenvalue weighted by Crippen LogP contribution is -2.14. The zero-order valence-corrected chi connectivity index (χ0v) is 10.7. The van der Waals surface area contributed by atoms with Crippen molar-refractivity contribution < 1.29 is 4.74 Å². The molecular formula is C15H14N2O2. The van der Waals surface area contributed by atoms with Crippen LogP contribution in [0.15, 0.2) is 47.4 Å². The largest absolute Gasteiger partial charge is 0.483 e. The van der Waals surface area contributed by atoms with Gasteiger partial charge < -0.3 is 9.30 Å². The molecule has 1 heterocycles. The van der Waals surface area contributed by atoms with Crippen LogP contribution in [0.1, 0.15) is 11.3 Å². The van der Waals surface area contributed by atoms with E-state index in [1.165, 1.54) is 6.07 Å². The molecule has 0 saturated heterocycles. The van der Waals surface area contributed by atoms with Gasteiger partial charge in [0.25, 0.3) is 0 Å². The molecule has 19 heavy (non-hydrogen) atoms. The number of nitrogens with zero attached hydrogens (tertiary/aromatic N) is 2. The predicted molar refractivity (Wildman–Crippen MR) is 71.8 cm³/mol. The summed E-state index contributed by atoms with van der Waals surface area (Å²) in [5.74, 6) is 0.307. The van der Waals surface area contributed by atoms with Crippen molar-refractivity contribution in [3.8, 4) is 11.8 Å². The molecule has 0 radical (unpaired) electrons. The molecule has 4 heteroatoms. The maximum atomic E-state index is 11.8. The summed E-state index contributed by atoms with van der Waals surface area (Å²) in [5, 5.41) is 8.72. The van der Waals surface area contributed by atoms with Crippen LogP contribution in [0.3, 0.4) is 0 Å². The summed E-state index contributed by atoms with van der Waals surface area (Å²) >= 11 is 0. The Bertz CT molecular complexity index is 654. The molecule has 0 atom stereocenters. The van der Waals surface area contributed by atoms with E-state index in [0.29, 0.717) is 18.1 Å². The van der Waals surface area contributed by atoms with Gasteiger partial charge in [0.15, 0.2) is 5.75 Å². The lowest BCUT2D eigenvalue weighted by Gasteiger charge is -2.12. The second-order valence-electron chi connectivity index (χ2n) is 4.15. The third kappa shape index (κ3) is 3.02. The average Bonchev–Trinajstić information content (AvgIpc) is 2.43. The maximum Gasteiger partial charge on any atom is 0.223 e. The Labute approximate surface area is 111 Å². The van der Waals surface area contributed by atoms with Crippen molar-refractivity contribution in [2.45, 2.75) is 20.1 Å². The summed E-state index contributed by atoms with van der Waals surface area (Å²) in [6.45, 7) is 2.32. The standard InChI is InChI=1S/C15H14N2O2/c1-12-15(14(18)7-9-17(12)10-8-16)19-11-13-5-3-2-4-6-13/h2-7,9H,10-11H2,1H3. The van der Waals surface area contributed by atoms with E-state index < -0.39 is 0 Å². The van der Waals surface area contributed by atoms with E-state index in [4.69, 9.17) is 10.00 Å². The van der Waals surface area contributed by atoms with Gasteiger partial charge in [-0.3, -0.25) is 4.79 Å². The van der Waals surface area contributed by atoms with Gasteiger partial charge in [0.1, 0.15) is 13.2 Å². The summed E-state index contributed by atoms with van der Waals surface area (Å²) in [6, 6.07) is 13.1. The van der Waals surface area contributed by atoms with Crippen LogP contribution >= 0.6 is 0 Å². The zero-order valence-electron chi connectivity index (χ0n) is 10.7. The van der Waals surface area contributed by atoms with Gasteiger partial charge in [0.05, 0.1) is 11.8 Å². The first-order valence-electron chi connectivity index (χ1n) is 5.96. The Kier molecular flexibility index (Phi) is 3.99. The van der Waals surface area contributed by atoms with Gasteiger partial charge >= 0.3 is 0 Å². The second-order valence-corrected chi connectivity index (χ2v) is 4.15. The topological polar surface area (TPSA) is 55.0 Å². The second kappa shape index (κ2) is 5.87. The Morgan fingerprint density at radius 2 is 2.00 bits per heavy atom. The lowest BCUT2D eigenvalue weighted by molar-refractivity contribution is 0.297. The number of rotatable bonds is 4. The molecule has 0 saturated carbocycles. The molecule has 2 rings (SSSR count). The van der Waals surface area contributed by atoms with E-state index >= 15 is 0 Å². The fourth-order valence-corrected chi connectivity index (χ4v) is 1.81. The summed E-state index contributed by atoms with van der Waals surface area (Å²) < 4.78 is 7.29. The van der Waals surface area contributed by atoms with Crippen molar-refractivity contribution in [1.29, 1.82) is 5.26 Å². The minimum Gasteiger partial charge on any atom is -0.483 e. The maximum absolute atomic E-state index is 11.8. The van der Waals surface area contributed by atoms with E-state index in [2.05, 4.69) is 6.07 Å². The first kappa shape index (κ1) is 12.9. The normalized spacial score (nSPS) is 9.89. The summed E-state index contributed by atoms with van der Waals surface area (Å²) in [5.41, 5.74) is 1.50. The third-order valence-electron chi connectivity index (χ3n) is 2.86. The van der Waals surface area contributed by atoms with Gasteiger partial charge in [-0.2, -0.15) is 5.26 Å². The Hall–Kier alpha value is -2.54. The SMILES string of the molecule is Cc1c(OCc2ccccc2)c(=O)ccn1CC#N. The first-order chi connectivity index (χ1) is 9.22. The van der Waals surface area contributed by atoms with Gasteiger partial charge in [0.2, 0.25) is 5.43 Å². The van der Waals surface area contributed by atoms with Gasteiger partial charge in [0, 0.05) is 12.3 Å². The minimum atomic E-state index is -0.164. The van der Waals surface area contributed by atoms with Gasteiger partial charge in [-0.05, 0) is 12.5 Å². The van der Waals surface area contributed by atoms with Crippen molar-refractivity contribution in [2.24, 2.45) is 0 Å². The highest BCUT2D eigenvalue weighted by atomic mass is 16.5. The van der Waals surface area contributed by atoms with E-state index in [9.17, 15) is 4.79 Å². The highest BCUT2D eigenvalue weighted by Gasteiger charge is 2.08. The highest BCUT2D eigenvalue weighted by Crippen LogP contribution is 2.13. The summed E-state index contributed by atoms with van der Waals surface area (Å²) in [7, 11) is 0. The van der Waals surface area contributed by atoms with Crippen LogP contribution in [0, 0.1) is 18.3 Å². The molecule has 2 aromatic rings. The quantitative estimate of drug-likeness (QED) is 0.841. The van der Waals surface area contributed by atoms with Crippen molar-refractivity contribution >= 4 is 0 Å². The Morgan fingerprint density at radius 3 is 2.68 bits per heavy atom. The van der Waals surface area contributed by atoms with Gasteiger partial charge in [-0.1, -0.05) is 30.3 Å². The zero-order chi connectivity index (χ0) is 13.7. The number of hydrogen-bond acceptors (Lipinski definition) is 3. The van der Waals surface area contributed by atoms with Crippen LogP contribution in [0.5, 0.6) is 5.75 Å². The molecule has 0 unspecified atom stereocenters. The van der Waals surface area contributed by atoms with Crippen molar-refractivity contribution in [1.82, 2.24) is 4.57 Å². The van der Waals surface area contributed by atoms with Crippen LogP contribution < -0.4 is 10.2 Å². The van der Waals surface area contributed by atoms with E-state index in [0.717, 1.165) is 5.56 Å². The fourth-order valence-electron chi connectivity index (χ4n) is 1.81. The van der Waals surface area contributed by atoms with Gasteiger partial charge in [-0.25, -0.2) is 0 Å². The number of ether oxygens (including phenoxy) is 1. The molecule has 96 valence electrons. The molecular weight excluding hydrogens is 240 g/mol. The van der Waals surface area contributed by atoms with Crippen LogP contribution in [0.25, 0.3) is 0 Å². The summed E-state index contributed by atoms with van der Waals surface area (Å²) in [6.07, 6.45) is 1.61. The average molecular weight is 254 g/mol. The number of benzene rings is 1. The number of pyridine rings is 1. The number of nitriles is 1. The first-order valence-corrected chi connectivity index (χ1v) is 5.96. The molecule has 0 bridgehead atoms. The van der Waals surface area contributed by atoms with Crippen LogP contribution in [-0.2, 0) is 13.2 Å². The van der Waals surface area contributed by atoms with Crippen LogP contribution in [0.2, 0.25) is 0 Å². The lowest BCUT2D eigenvalue weighted by atomic mass is 10.2. The smallest absolute Gasteiger partial charge is 0.223 e. The van der Waals surface area contributed by atoms with E-state index in [1.807, 2.05) is 30.3 Å². The fraction of sp³-hybridized carbons (Fsp3) is 0.200. The molecule has 0 fully saturated rings. The molecule has 0 aliphatic rings. The van der Waals surface area contributed by atoms with Crippen molar-refractivity contribution in [3.63, 3.8) is 0 Å². The van der Waals surface area contributed by atoms with Crippen molar-refractivity contribution in [3.05, 3.63) is 64.1 Å². The van der Waals surface area contributed by atoms with Crippen LogP contribution in [-0.4, -0.2) is 4.57 Å². The van der Waals surface area contributed by atoms with E-state index in [1.54, 1.807) is 17.7 Å². The van der Waals surface area contributed by atoms with Gasteiger partial charge in [-0.15, -0.1) is 0 Å². The molecule has 0 spiro atoms. The molecule has 0 aliphatic heterocycles. The molecule has 0 amide bonds. The van der Waals surface area contributed by atoms with Crippen molar-refractivity contribution in [2.75, 3.05) is 0 Å². The number of aromatic nitrogens is 1.